The van der Waals surface area contributed by atoms with Crippen LogP contribution in [0.2, 0.25) is 0 Å². The number of ether oxygens (including phenoxy) is 2. The third-order valence-corrected chi connectivity index (χ3v) is 2.26. The van der Waals surface area contributed by atoms with E-state index in [0.717, 1.165) is 6.07 Å². The van der Waals surface area contributed by atoms with Crippen molar-refractivity contribution in [3.05, 3.63) is 23.8 Å². The van der Waals surface area contributed by atoms with Crippen molar-refractivity contribution in [1.82, 2.24) is 0 Å². The maximum atomic E-state index is 12.2. The van der Waals surface area contributed by atoms with Crippen molar-refractivity contribution >= 4 is 5.97 Å². The molecular weight excluding hydrogens is 267 g/mol. The quantitative estimate of drug-likeness (QED) is 0.854. The summed E-state index contributed by atoms with van der Waals surface area (Å²) in [5, 5.41) is 8.65. The molecule has 0 aliphatic heterocycles. The van der Waals surface area contributed by atoms with Crippen molar-refractivity contribution < 1.29 is 32.5 Å². The number of alkyl halides is 3. The van der Waals surface area contributed by atoms with E-state index in [1.807, 2.05) is 0 Å². The van der Waals surface area contributed by atoms with Gasteiger partial charge in [-0.2, -0.15) is 0 Å². The van der Waals surface area contributed by atoms with E-state index in [4.69, 9.17) is 15.6 Å². The Bertz CT molecular complexity index is 462. The van der Waals surface area contributed by atoms with Crippen LogP contribution in [-0.4, -0.2) is 30.6 Å². The zero-order valence-corrected chi connectivity index (χ0v) is 9.90. The summed E-state index contributed by atoms with van der Waals surface area (Å²) in [6, 6.07) is 2.39. The second-order valence-electron chi connectivity index (χ2n) is 3.67. The molecule has 0 aliphatic carbocycles. The highest BCUT2D eigenvalue weighted by Crippen LogP contribution is 2.30. The van der Waals surface area contributed by atoms with E-state index in [1.165, 1.54) is 19.2 Å². The first kappa shape index (κ1) is 15.1. The van der Waals surface area contributed by atoms with Gasteiger partial charge in [0.05, 0.1) is 7.11 Å². The number of nitrogens with two attached hydrogens (primary N) is 1. The highest BCUT2D eigenvalue weighted by molar-refractivity contribution is 5.73. The van der Waals surface area contributed by atoms with Gasteiger partial charge >= 0.3 is 12.3 Å². The first-order valence-electron chi connectivity index (χ1n) is 5.14. The number of halogens is 3. The predicted molar refractivity (Wildman–Crippen MR) is 59.0 cm³/mol. The number of rotatable bonds is 5. The third-order valence-electron chi connectivity index (χ3n) is 2.26. The molecule has 0 saturated carbocycles. The molecule has 0 radical (unpaired) electrons. The minimum Gasteiger partial charge on any atom is -0.497 e. The van der Waals surface area contributed by atoms with E-state index in [0.29, 0.717) is 0 Å². The summed E-state index contributed by atoms with van der Waals surface area (Å²) in [4.78, 5) is 10.6. The first-order valence-corrected chi connectivity index (χ1v) is 5.14. The van der Waals surface area contributed by atoms with Gasteiger partial charge < -0.3 is 20.3 Å². The number of hydrogen-bond acceptors (Lipinski definition) is 4. The summed E-state index contributed by atoms with van der Waals surface area (Å²) >= 11 is 0. The van der Waals surface area contributed by atoms with Crippen LogP contribution in [0.3, 0.4) is 0 Å². The Balaban J connectivity index is 3.05. The molecule has 0 heterocycles. The molecule has 1 aromatic rings. The van der Waals surface area contributed by atoms with Crippen LogP contribution in [0.1, 0.15) is 5.56 Å². The van der Waals surface area contributed by atoms with Gasteiger partial charge in [0, 0.05) is 12.5 Å². The summed E-state index contributed by atoms with van der Waals surface area (Å²) in [6.07, 6.45) is -5.17. The van der Waals surface area contributed by atoms with Crippen LogP contribution >= 0.6 is 0 Å². The molecule has 1 rings (SSSR count). The Hall–Kier alpha value is -1.96. The van der Waals surface area contributed by atoms with Crippen LogP contribution in [0, 0.1) is 0 Å². The molecule has 0 amide bonds. The summed E-state index contributed by atoms with van der Waals surface area (Å²) < 4.78 is 45.3. The molecule has 0 aromatic heterocycles. The molecule has 3 N–H and O–H groups in total. The molecule has 1 aromatic carbocycles. The van der Waals surface area contributed by atoms with Crippen molar-refractivity contribution in [2.75, 3.05) is 7.11 Å². The average Bonchev–Trinajstić information content (AvgIpc) is 2.29. The summed E-state index contributed by atoms with van der Waals surface area (Å²) in [5.74, 6) is -1.68. The Morgan fingerprint density at radius 3 is 2.58 bits per heavy atom. The Morgan fingerprint density at radius 1 is 1.47 bits per heavy atom. The fraction of sp³-hybridized carbons (Fsp3) is 0.364. The van der Waals surface area contributed by atoms with Crippen LogP contribution in [0.4, 0.5) is 13.2 Å². The minimum absolute atomic E-state index is 0.0352. The Labute approximate surface area is 106 Å². The second kappa shape index (κ2) is 5.79. The summed E-state index contributed by atoms with van der Waals surface area (Å²) in [6.45, 7) is 0. The third kappa shape index (κ3) is 4.66. The number of carboxylic acid groups (broad SMARTS) is 1. The highest BCUT2D eigenvalue weighted by atomic mass is 19.4. The van der Waals surface area contributed by atoms with Crippen LogP contribution in [0.15, 0.2) is 18.2 Å². The van der Waals surface area contributed by atoms with E-state index in [1.54, 1.807) is 0 Å². The molecular formula is C11H12F3NO4. The van der Waals surface area contributed by atoms with Crippen molar-refractivity contribution in [2.24, 2.45) is 5.73 Å². The lowest BCUT2D eigenvalue weighted by molar-refractivity contribution is -0.274. The van der Waals surface area contributed by atoms with Crippen LogP contribution in [0.5, 0.6) is 11.5 Å². The van der Waals surface area contributed by atoms with Crippen LogP contribution in [-0.2, 0) is 11.2 Å². The zero-order valence-electron chi connectivity index (χ0n) is 9.90. The highest BCUT2D eigenvalue weighted by Gasteiger charge is 2.32. The molecule has 1 atom stereocenters. The smallest absolute Gasteiger partial charge is 0.497 e. The van der Waals surface area contributed by atoms with E-state index < -0.39 is 24.1 Å². The number of benzene rings is 1. The molecule has 0 bridgehead atoms. The lowest BCUT2D eigenvalue weighted by Gasteiger charge is -2.15. The number of methoxy groups -OCH3 is 1. The number of carbonyl (C=O) groups is 1. The van der Waals surface area contributed by atoms with Gasteiger partial charge in [0.2, 0.25) is 0 Å². The van der Waals surface area contributed by atoms with Crippen molar-refractivity contribution in [1.29, 1.82) is 0 Å². The number of carboxylic acids is 1. The summed E-state index contributed by atoms with van der Waals surface area (Å²) in [7, 11) is 1.29. The van der Waals surface area contributed by atoms with Crippen LogP contribution in [0.25, 0.3) is 0 Å². The van der Waals surface area contributed by atoms with Crippen molar-refractivity contribution in [2.45, 2.75) is 18.8 Å². The maximum Gasteiger partial charge on any atom is 0.573 e. The summed E-state index contributed by atoms with van der Waals surface area (Å²) in [5.41, 5.74) is 5.32. The van der Waals surface area contributed by atoms with Gasteiger partial charge in [0.15, 0.2) is 0 Å². The monoisotopic (exact) mass is 279 g/mol. The van der Waals surface area contributed by atoms with Gasteiger partial charge in [-0.25, -0.2) is 0 Å². The molecule has 8 heteroatoms. The lowest BCUT2D eigenvalue weighted by atomic mass is 10.1. The number of hydrogen-bond donors (Lipinski definition) is 2. The SMILES string of the molecule is COc1ccc(C[C@H](N)C(=O)O)c(OC(F)(F)F)c1. The fourth-order valence-electron chi connectivity index (χ4n) is 1.37. The van der Waals surface area contributed by atoms with Crippen LogP contribution < -0.4 is 15.2 Å². The standard InChI is InChI=1S/C11H12F3NO4/c1-18-7-3-2-6(4-8(15)10(16)17)9(5-7)19-11(12,13)14/h2-3,5,8H,4,15H2,1H3,(H,16,17)/t8-/m0/s1. The van der Waals surface area contributed by atoms with Gasteiger partial charge in [-0.1, -0.05) is 6.07 Å². The van der Waals surface area contributed by atoms with Gasteiger partial charge in [-0.3, -0.25) is 4.79 Å². The van der Waals surface area contributed by atoms with Gasteiger partial charge in [0.25, 0.3) is 0 Å². The Kier molecular flexibility index (Phi) is 4.60. The number of aliphatic carboxylic acids is 1. The maximum absolute atomic E-state index is 12.2. The first-order chi connectivity index (χ1) is 8.73. The zero-order chi connectivity index (χ0) is 14.6. The molecule has 0 aliphatic rings. The fourth-order valence-corrected chi connectivity index (χ4v) is 1.37. The van der Waals surface area contributed by atoms with E-state index in [-0.39, 0.29) is 17.7 Å². The minimum atomic E-state index is -4.88. The van der Waals surface area contributed by atoms with E-state index in [2.05, 4.69) is 4.74 Å². The Morgan fingerprint density at radius 2 is 2.11 bits per heavy atom. The van der Waals surface area contributed by atoms with Gasteiger partial charge in [-0.05, 0) is 11.6 Å². The average molecular weight is 279 g/mol. The topological polar surface area (TPSA) is 81.8 Å². The molecule has 5 nitrogen and oxygen atoms in total. The second-order valence-corrected chi connectivity index (χ2v) is 3.67. The van der Waals surface area contributed by atoms with Gasteiger partial charge in [-0.15, -0.1) is 13.2 Å². The molecule has 0 fully saturated rings. The molecule has 106 valence electrons. The molecule has 0 unspecified atom stereocenters. The van der Waals surface area contributed by atoms with Gasteiger partial charge in [0.1, 0.15) is 17.5 Å². The molecule has 0 saturated heterocycles. The predicted octanol–water partition coefficient (Wildman–Crippen LogP) is 1.55. The normalized spacial score (nSPS) is 12.9. The van der Waals surface area contributed by atoms with E-state index >= 15 is 0 Å². The largest absolute Gasteiger partial charge is 0.573 e. The lowest BCUT2D eigenvalue weighted by Crippen LogP contribution is -2.32. The van der Waals surface area contributed by atoms with Crippen molar-refractivity contribution in [3.63, 3.8) is 0 Å². The molecule has 0 spiro atoms. The molecule has 19 heavy (non-hydrogen) atoms. The van der Waals surface area contributed by atoms with Crippen molar-refractivity contribution in [3.8, 4) is 11.5 Å². The van der Waals surface area contributed by atoms with E-state index in [9.17, 15) is 18.0 Å².